The molecule has 0 aliphatic carbocycles. The average molecular weight is 198 g/mol. The number of methoxy groups -OCH3 is 2. The van der Waals surface area contributed by atoms with Crippen LogP contribution in [0.3, 0.4) is 0 Å². The van der Waals surface area contributed by atoms with Gasteiger partial charge in [-0.2, -0.15) is 0 Å². The second-order valence-corrected chi connectivity index (χ2v) is 2.62. The van der Waals surface area contributed by atoms with Crippen molar-refractivity contribution in [3.8, 4) is 11.5 Å². The van der Waals surface area contributed by atoms with Crippen molar-refractivity contribution in [2.24, 2.45) is 0 Å². The molecule has 1 aromatic carbocycles. The van der Waals surface area contributed by atoms with E-state index in [1.807, 2.05) is 18.2 Å². The molecule has 0 fully saturated rings. The Labute approximate surface area is 83.3 Å². The molecule has 0 saturated carbocycles. The average Bonchev–Trinajstić information content (AvgIpc) is 2.25. The predicted octanol–water partition coefficient (Wildman–Crippen LogP) is 1.78. The van der Waals surface area contributed by atoms with Crippen molar-refractivity contribution >= 4 is 0 Å². The first-order valence-electron chi connectivity index (χ1n) is 4.18. The highest BCUT2D eigenvalue weighted by Crippen LogP contribution is 2.27. The summed E-state index contributed by atoms with van der Waals surface area (Å²) in [6.45, 7) is 0.386. The molecular formula is C10H14O4. The van der Waals surface area contributed by atoms with Crippen molar-refractivity contribution in [2.45, 2.75) is 6.61 Å². The van der Waals surface area contributed by atoms with E-state index in [4.69, 9.17) is 14.4 Å². The fraction of sp³-hybridized carbons (Fsp3) is 0.400. The maximum atomic E-state index is 5.14. The summed E-state index contributed by atoms with van der Waals surface area (Å²) in [6.07, 6.45) is 0. The summed E-state index contributed by atoms with van der Waals surface area (Å²) in [6, 6.07) is 5.56. The lowest BCUT2D eigenvalue weighted by molar-refractivity contribution is -0.282. The van der Waals surface area contributed by atoms with Gasteiger partial charge in [0.05, 0.1) is 21.3 Å². The van der Waals surface area contributed by atoms with E-state index >= 15 is 0 Å². The maximum absolute atomic E-state index is 5.14. The lowest BCUT2D eigenvalue weighted by Gasteiger charge is -2.08. The van der Waals surface area contributed by atoms with Gasteiger partial charge in [-0.25, -0.2) is 9.78 Å². The maximum Gasteiger partial charge on any atom is 0.161 e. The van der Waals surface area contributed by atoms with Crippen molar-refractivity contribution in [3.63, 3.8) is 0 Å². The highest BCUT2D eigenvalue weighted by atomic mass is 17.2. The van der Waals surface area contributed by atoms with Crippen LogP contribution in [0.2, 0.25) is 0 Å². The SMILES string of the molecule is COOCc1ccc(OC)c(OC)c1. The third-order valence-electron chi connectivity index (χ3n) is 1.79. The zero-order chi connectivity index (χ0) is 10.4. The van der Waals surface area contributed by atoms with Crippen molar-refractivity contribution in [1.29, 1.82) is 0 Å². The molecule has 0 N–H and O–H groups in total. The normalized spacial score (nSPS) is 9.93. The van der Waals surface area contributed by atoms with Gasteiger partial charge in [-0.05, 0) is 17.7 Å². The van der Waals surface area contributed by atoms with E-state index in [9.17, 15) is 0 Å². The van der Waals surface area contributed by atoms with Gasteiger partial charge in [0.25, 0.3) is 0 Å². The van der Waals surface area contributed by atoms with Crippen LogP contribution in [-0.2, 0) is 16.4 Å². The minimum absolute atomic E-state index is 0.386. The van der Waals surface area contributed by atoms with Gasteiger partial charge in [0.1, 0.15) is 6.61 Å². The van der Waals surface area contributed by atoms with Crippen molar-refractivity contribution < 1.29 is 19.2 Å². The van der Waals surface area contributed by atoms with E-state index in [-0.39, 0.29) is 0 Å². The molecule has 1 rings (SSSR count). The smallest absolute Gasteiger partial charge is 0.161 e. The number of rotatable bonds is 5. The third kappa shape index (κ3) is 2.61. The molecule has 0 radical (unpaired) electrons. The van der Waals surface area contributed by atoms with Crippen LogP contribution >= 0.6 is 0 Å². The lowest BCUT2D eigenvalue weighted by atomic mass is 10.2. The summed E-state index contributed by atoms with van der Waals surface area (Å²) >= 11 is 0. The molecule has 0 unspecified atom stereocenters. The molecular weight excluding hydrogens is 184 g/mol. The molecule has 4 heteroatoms. The predicted molar refractivity (Wildman–Crippen MR) is 51.3 cm³/mol. The second kappa shape index (κ2) is 5.47. The number of hydrogen-bond donors (Lipinski definition) is 0. The minimum atomic E-state index is 0.386. The number of benzene rings is 1. The van der Waals surface area contributed by atoms with Crippen LogP contribution in [0.15, 0.2) is 18.2 Å². The Kier molecular flexibility index (Phi) is 4.22. The molecule has 1 aromatic rings. The Morgan fingerprint density at radius 2 is 1.71 bits per heavy atom. The van der Waals surface area contributed by atoms with E-state index in [1.54, 1.807) is 14.2 Å². The highest BCUT2D eigenvalue weighted by molar-refractivity contribution is 5.42. The van der Waals surface area contributed by atoms with E-state index in [2.05, 4.69) is 4.89 Å². The molecule has 0 saturated heterocycles. The van der Waals surface area contributed by atoms with Crippen LogP contribution in [0.5, 0.6) is 11.5 Å². The van der Waals surface area contributed by atoms with Gasteiger partial charge in [-0.15, -0.1) is 0 Å². The molecule has 0 bridgehead atoms. The van der Waals surface area contributed by atoms with Crippen molar-refractivity contribution in [2.75, 3.05) is 21.3 Å². The molecule has 78 valence electrons. The summed E-state index contributed by atoms with van der Waals surface area (Å²) < 4.78 is 10.2. The Morgan fingerprint density at radius 1 is 1.00 bits per heavy atom. The second-order valence-electron chi connectivity index (χ2n) is 2.62. The van der Waals surface area contributed by atoms with Gasteiger partial charge in [0.15, 0.2) is 11.5 Å². The highest BCUT2D eigenvalue weighted by Gasteiger charge is 2.04. The summed E-state index contributed by atoms with van der Waals surface area (Å²) in [4.78, 5) is 9.30. The largest absolute Gasteiger partial charge is 0.493 e. The van der Waals surface area contributed by atoms with Crippen LogP contribution in [0.25, 0.3) is 0 Å². The fourth-order valence-electron chi connectivity index (χ4n) is 1.10. The van der Waals surface area contributed by atoms with Crippen LogP contribution in [0, 0.1) is 0 Å². The van der Waals surface area contributed by atoms with E-state index in [1.165, 1.54) is 7.11 Å². The van der Waals surface area contributed by atoms with Crippen molar-refractivity contribution in [1.82, 2.24) is 0 Å². The summed E-state index contributed by atoms with van der Waals surface area (Å²) in [7, 11) is 4.67. The quantitative estimate of drug-likeness (QED) is 0.534. The molecule has 0 aromatic heterocycles. The zero-order valence-corrected chi connectivity index (χ0v) is 8.57. The Balaban J connectivity index is 2.79. The van der Waals surface area contributed by atoms with Crippen molar-refractivity contribution in [3.05, 3.63) is 23.8 Å². The molecule has 0 atom stereocenters. The summed E-state index contributed by atoms with van der Waals surface area (Å²) in [5.74, 6) is 1.39. The standard InChI is InChI=1S/C10H14O4/c1-11-9-5-4-8(7-14-13-3)6-10(9)12-2/h4-6H,7H2,1-3H3. The minimum Gasteiger partial charge on any atom is -0.493 e. The first-order chi connectivity index (χ1) is 6.81. The molecule has 0 amide bonds. The van der Waals surface area contributed by atoms with Gasteiger partial charge in [-0.1, -0.05) is 6.07 Å². The first-order valence-corrected chi connectivity index (χ1v) is 4.18. The van der Waals surface area contributed by atoms with Crippen LogP contribution < -0.4 is 9.47 Å². The molecule has 14 heavy (non-hydrogen) atoms. The van der Waals surface area contributed by atoms with Crippen LogP contribution in [0.4, 0.5) is 0 Å². The monoisotopic (exact) mass is 198 g/mol. The first kappa shape index (κ1) is 10.8. The Bertz CT molecular complexity index is 285. The molecule has 0 spiro atoms. The van der Waals surface area contributed by atoms with E-state index in [0.29, 0.717) is 18.1 Å². The number of ether oxygens (including phenoxy) is 2. The Morgan fingerprint density at radius 3 is 2.29 bits per heavy atom. The molecule has 0 aliphatic rings. The van der Waals surface area contributed by atoms with Crippen LogP contribution in [0.1, 0.15) is 5.56 Å². The summed E-state index contributed by atoms with van der Waals surface area (Å²) in [5, 5.41) is 0. The van der Waals surface area contributed by atoms with Gasteiger partial charge >= 0.3 is 0 Å². The van der Waals surface area contributed by atoms with E-state index in [0.717, 1.165) is 5.56 Å². The molecule has 4 nitrogen and oxygen atoms in total. The summed E-state index contributed by atoms with van der Waals surface area (Å²) in [5.41, 5.74) is 0.963. The van der Waals surface area contributed by atoms with Gasteiger partial charge in [-0.3, -0.25) is 0 Å². The Hall–Kier alpha value is -1.26. The zero-order valence-electron chi connectivity index (χ0n) is 8.57. The third-order valence-corrected chi connectivity index (χ3v) is 1.79. The van der Waals surface area contributed by atoms with Gasteiger partial charge in [0, 0.05) is 0 Å². The number of hydrogen-bond acceptors (Lipinski definition) is 4. The lowest BCUT2D eigenvalue weighted by Crippen LogP contribution is -1.94. The molecule has 0 aliphatic heterocycles. The van der Waals surface area contributed by atoms with Gasteiger partial charge < -0.3 is 9.47 Å². The topological polar surface area (TPSA) is 36.9 Å². The van der Waals surface area contributed by atoms with E-state index < -0.39 is 0 Å². The fourth-order valence-corrected chi connectivity index (χ4v) is 1.10. The van der Waals surface area contributed by atoms with Crippen LogP contribution in [-0.4, -0.2) is 21.3 Å². The molecule has 0 heterocycles. The van der Waals surface area contributed by atoms with Gasteiger partial charge in [0.2, 0.25) is 0 Å².